The fourth-order valence-electron chi connectivity index (χ4n) is 2.81. The van der Waals surface area contributed by atoms with E-state index in [1.807, 2.05) is 13.0 Å². The molecule has 2 rings (SSSR count). The quantitative estimate of drug-likeness (QED) is 0.658. The summed E-state index contributed by atoms with van der Waals surface area (Å²) in [7, 11) is 0. The first-order valence-corrected chi connectivity index (χ1v) is 7.02. The molecule has 0 radical (unpaired) electrons. The molecule has 18 heavy (non-hydrogen) atoms. The van der Waals surface area contributed by atoms with Crippen molar-refractivity contribution in [3.8, 4) is 0 Å². The van der Waals surface area contributed by atoms with Gasteiger partial charge in [-0.05, 0) is 67.7 Å². The second-order valence-corrected chi connectivity index (χ2v) is 5.88. The Kier molecular flexibility index (Phi) is 4.21. The highest BCUT2D eigenvalue weighted by Gasteiger charge is 2.19. The van der Waals surface area contributed by atoms with Crippen LogP contribution in [-0.4, -0.2) is 0 Å². The van der Waals surface area contributed by atoms with Crippen LogP contribution in [0.4, 0.5) is 4.39 Å². The Morgan fingerprint density at radius 3 is 2.50 bits per heavy atom. The van der Waals surface area contributed by atoms with Gasteiger partial charge in [0.25, 0.3) is 0 Å². The maximum atomic E-state index is 13.2. The predicted molar refractivity (Wildman–Crippen MR) is 75.9 cm³/mol. The summed E-state index contributed by atoms with van der Waals surface area (Å²) in [6, 6.07) is 5.05. The molecule has 0 saturated heterocycles. The number of aryl methyl sites for hydroxylation is 1. The molecule has 0 bridgehead atoms. The van der Waals surface area contributed by atoms with Gasteiger partial charge in [0.15, 0.2) is 0 Å². The van der Waals surface area contributed by atoms with E-state index in [9.17, 15) is 4.39 Å². The van der Waals surface area contributed by atoms with Crippen molar-refractivity contribution in [3.05, 3.63) is 40.7 Å². The fraction of sp³-hybridized carbons (Fsp3) is 0.529. The first-order valence-electron chi connectivity index (χ1n) is 7.02. The lowest BCUT2D eigenvalue weighted by Gasteiger charge is -2.27. The second kappa shape index (κ2) is 5.69. The predicted octanol–water partition coefficient (Wildman–Crippen LogP) is 5.36. The molecular weight excluding hydrogens is 223 g/mol. The number of hydrogen-bond donors (Lipinski definition) is 0. The monoisotopic (exact) mass is 246 g/mol. The molecule has 1 aromatic carbocycles. The summed E-state index contributed by atoms with van der Waals surface area (Å²) in [6.07, 6.45) is 7.14. The Morgan fingerprint density at radius 1 is 1.22 bits per heavy atom. The maximum Gasteiger partial charge on any atom is 0.123 e. The van der Waals surface area contributed by atoms with Gasteiger partial charge in [0, 0.05) is 0 Å². The van der Waals surface area contributed by atoms with Crippen LogP contribution in [0.5, 0.6) is 0 Å². The van der Waals surface area contributed by atoms with Gasteiger partial charge in [-0.2, -0.15) is 0 Å². The second-order valence-electron chi connectivity index (χ2n) is 5.88. The van der Waals surface area contributed by atoms with Crippen LogP contribution in [0.1, 0.15) is 50.7 Å². The molecule has 0 spiro atoms. The summed E-state index contributed by atoms with van der Waals surface area (Å²) in [5, 5.41) is 0. The lowest BCUT2D eigenvalue weighted by Crippen LogP contribution is -2.13. The fourth-order valence-corrected chi connectivity index (χ4v) is 2.81. The number of halogens is 1. The molecule has 0 nitrogen and oxygen atoms in total. The van der Waals surface area contributed by atoms with E-state index in [1.165, 1.54) is 37.3 Å². The zero-order chi connectivity index (χ0) is 13.1. The highest BCUT2D eigenvalue weighted by Crippen LogP contribution is 2.34. The number of hydrogen-bond acceptors (Lipinski definition) is 0. The summed E-state index contributed by atoms with van der Waals surface area (Å²) in [4.78, 5) is 0. The van der Waals surface area contributed by atoms with Crippen molar-refractivity contribution < 1.29 is 4.39 Å². The molecular formula is C17H23F. The van der Waals surface area contributed by atoms with Gasteiger partial charge >= 0.3 is 0 Å². The maximum absolute atomic E-state index is 13.2. The average molecular weight is 246 g/mol. The van der Waals surface area contributed by atoms with Gasteiger partial charge in [-0.3, -0.25) is 0 Å². The minimum atomic E-state index is -0.136. The third-order valence-corrected chi connectivity index (χ3v) is 4.22. The van der Waals surface area contributed by atoms with E-state index in [0.717, 1.165) is 23.0 Å². The average Bonchev–Trinajstić information content (AvgIpc) is 2.34. The smallest absolute Gasteiger partial charge is 0.123 e. The minimum absolute atomic E-state index is 0.136. The van der Waals surface area contributed by atoms with E-state index in [4.69, 9.17) is 0 Å². The molecule has 0 N–H and O–H groups in total. The molecule has 0 unspecified atom stereocenters. The summed E-state index contributed by atoms with van der Waals surface area (Å²) in [6.45, 7) is 6.68. The van der Waals surface area contributed by atoms with Crippen LogP contribution in [0.25, 0.3) is 6.08 Å². The normalized spacial score (nSPS) is 20.3. The standard InChI is InChI=1S/C17H23F/c1-12(2)15-7-5-14(6-8-15)10-16-11-17(18)9-4-13(16)3/h4,9-12,15H,5-8H2,1-3H3. The summed E-state index contributed by atoms with van der Waals surface area (Å²) < 4.78 is 13.2. The molecule has 0 heterocycles. The molecule has 0 amide bonds. The zero-order valence-corrected chi connectivity index (χ0v) is 11.7. The van der Waals surface area contributed by atoms with E-state index < -0.39 is 0 Å². The van der Waals surface area contributed by atoms with E-state index >= 15 is 0 Å². The van der Waals surface area contributed by atoms with Gasteiger partial charge in [-0.1, -0.05) is 31.6 Å². The Morgan fingerprint density at radius 2 is 1.89 bits per heavy atom. The number of allylic oxidation sites excluding steroid dienone is 1. The third kappa shape index (κ3) is 3.22. The number of benzene rings is 1. The molecule has 98 valence electrons. The Balaban J connectivity index is 2.09. The van der Waals surface area contributed by atoms with E-state index in [1.54, 1.807) is 6.07 Å². The Bertz CT molecular complexity index is 433. The Labute approximate surface area is 110 Å². The summed E-state index contributed by atoms with van der Waals surface area (Å²) in [5.74, 6) is 1.53. The molecule has 1 saturated carbocycles. The number of rotatable bonds is 2. The van der Waals surface area contributed by atoms with Crippen LogP contribution in [0.2, 0.25) is 0 Å². The lowest BCUT2D eigenvalue weighted by atomic mass is 9.79. The molecule has 1 heteroatoms. The van der Waals surface area contributed by atoms with Crippen LogP contribution in [-0.2, 0) is 0 Å². The first kappa shape index (κ1) is 13.3. The lowest BCUT2D eigenvalue weighted by molar-refractivity contribution is 0.312. The molecule has 1 aliphatic rings. The van der Waals surface area contributed by atoms with Gasteiger partial charge < -0.3 is 0 Å². The van der Waals surface area contributed by atoms with Gasteiger partial charge in [0.2, 0.25) is 0 Å². The molecule has 0 atom stereocenters. The first-order chi connectivity index (χ1) is 8.56. The zero-order valence-electron chi connectivity index (χ0n) is 11.7. The van der Waals surface area contributed by atoms with Crippen molar-refractivity contribution in [2.45, 2.75) is 46.5 Å². The van der Waals surface area contributed by atoms with Crippen molar-refractivity contribution in [2.24, 2.45) is 11.8 Å². The van der Waals surface area contributed by atoms with Crippen molar-refractivity contribution in [2.75, 3.05) is 0 Å². The topological polar surface area (TPSA) is 0 Å². The third-order valence-electron chi connectivity index (χ3n) is 4.22. The van der Waals surface area contributed by atoms with E-state index in [2.05, 4.69) is 19.9 Å². The molecule has 1 aromatic rings. The van der Waals surface area contributed by atoms with Gasteiger partial charge in [0.1, 0.15) is 5.82 Å². The molecule has 0 aliphatic heterocycles. The largest absolute Gasteiger partial charge is 0.207 e. The molecule has 0 aromatic heterocycles. The van der Waals surface area contributed by atoms with Crippen LogP contribution in [0.15, 0.2) is 23.8 Å². The van der Waals surface area contributed by atoms with Crippen LogP contribution >= 0.6 is 0 Å². The minimum Gasteiger partial charge on any atom is -0.207 e. The van der Waals surface area contributed by atoms with Crippen molar-refractivity contribution in [3.63, 3.8) is 0 Å². The van der Waals surface area contributed by atoms with E-state index in [-0.39, 0.29) is 5.82 Å². The van der Waals surface area contributed by atoms with Crippen molar-refractivity contribution >= 4 is 6.08 Å². The van der Waals surface area contributed by atoms with Crippen LogP contribution < -0.4 is 0 Å². The van der Waals surface area contributed by atoms with Gasteiger partial charge in [0.05, 0.1) is 0 Å². The van der Waals surface area contributed by atoms with Crippen molar-refractivity contribution in [1.29, 1.82) is 0 Å². The highest BCUT2D eigenvalue weighted by molar-refractivity contribution is 5.56. The highest BCUT2D eigenvalue weighted by atomic mass is 19.1. The van der Waals surface area contributed by atoms with Crippen molar-refractivity contribution in [1.82, 2.24) is 0 Å². The SMILES string of the molecule is Cc1ccc(F)cc1C=C1CCC(C(C)C)CC1. The molecule has 1 aliphatic carbocycles. The van der Waals surface area contributed by atoms with Gasteiger partial charge in [-0.15, -0.1) is 0 Å². The van der Waals surface area contributed by atoms with Crippen LogP contribution in [0, 0.1) is 24.6 Å². The van der Waals surface area contributed by atoms with E-state index in [0.29, 0.717) is 0 Å². The van der Waals surface area contributed by atoms with Gasteiger partial charge in [-0.25, -0.2) is 4.39 Å². The summed E-state index contributed by atoms with van der Waals surface area (Å²) in [5.41, 5.74) is 3.70. The summed E-state index contributed by atoms with van der Waals surface area (Å²) >= 11 is 0. The van der Waals surface area contributed by atoms with Crippen LogP contribution in [0.3, 0.4) is 0 Å². The Hall–Kier alpha value is -1.11. The molecule has 1 fully saturated rings.